The summed E-state index contributed by atoms with van der Waals surface area (Å²) in [5.41, 5.74) is 1.40. The molecule has 0 fully saturated rings. The number of aromatic amines is 1. The van der Waals surface area contributed by atoms with Crippen molar-refractivity contribution in [2.45, 2.75) is 24.9 Å². The maximum Gasteiger partial charge on any atom is 0.260 e. The first-order valence-corrected chi connectivity index (χ1v) is 9.04. The van der Waals surface area contributed by atoms with E-state index in [2.05, 4.69) is 20.2 Å². The van der Waals surface area contributed by atoms with Crippen LogP contribution in [0.2, 0.25) is 4.34 Å². The van der Waals surface area contributed by atoms with Crippen molar-refractivity contribution < 1.29 is 8.42 Å². The highest BCUT2D eigenvalue weighted by Gasteiger charge is 2.22. The van der Waals surface area contributed by atoms with Crippen LogP contribution in [0.15, 0.2) is 17.2 Å². The van der Waals surface area contributed by atoms with E-state index in [-0.39, 0.29) is 5.03 Å². The van der Waals surface area contributed by atoms with E-state index in [0.717, 1.165) is 10.6 Å². The lowest BCUT2D eigenvalue weighted by Crippen LogP contribution is -2.27. The number of rotatable bonds is 7. The largest absolute Gasteiger partial charge is 0.316 e. The van der Waals surface area contributed by atoms with Crippen LogP contribution < -0.4 is 10.0 Å². The number of halogens is 1. The van der Waals surface area contributed by atoms with Gasteiger partial charge in [0.1, 0.15) is 0 Å². The van der Waals surface area contributed by atoms with Gasteiger partial charge in [0, 0.05) is 29.2 Å². The first-order valence-electron chi connectivity index (χ1n) is 6.36. The number of hydrogen-bond donors (Lipinski definition) is 3. The fraction of sp³-hybridized carbons (Fsp3) is 0.417. The molecule has 0 aliphatic rings. The SMILES string of the molecule is CNCc1c(S(=O)(=O)NCCc2ccc(Cl)s2)n[nH]c1C. The maximum atomic E-state index is 12.3. The molecular formula is C12H17ClN4O2S2. The first-order chi connectivity index (χ1) is 9.94. The summed E-state index contributed by atoms with van der Waals surface area (Å²) < 4.78 is 27.9. The Morgan fingerprint density at radius 2 is 2.19 bits per heavy atom. The van der Waals surface area contributed by atoms with E-state index in [4.69, 9.17) is 11.6 Å². The molecule has 2 heterocycles. The van der Waals surface area contributed by atoms with Gasteiger partial charge in [-0.05, 0) is 32.5 Å². The fourth-order valence-corrected chi connectivity index (χ4v) is 4.21. The standard InChI is InChI=1S/C12H17ClN4O2S2/c1-8-10(7-14-2)12(17-16-8)21(18,19)15-6-5-9-3-4-11(13)20-9/h3-4,14-15H,5-7H2,1-2H3,(H,16,17). The molecule has 0 amide bonds. The number of hydrogen-bond acceptors (Lipinski definition) is 5. The molecular weight excluding hydrogens is 332 g/mol. The Balaban J connectivity index is 2.04. The third-order valence-electron chi connectivity index (χ3n) is 2.94. The molecule has 2 aromatic heterocycles. The number of nitrogens with one attached hydrogen (secondary N) is 3. The maximum absolute atomic E-state index is 12.3. The van der Waals surface area contributed by atoms with Gasteiger partial charge in [-0.15, -0.1) is 11.3 Å². The van der Waals surface area contributed by atoms with Gasteiger partial charge < -0.3 is 5.32 Å². The van der Waals surface area contributed by atoms with Crippen molar-refractivity contribution in [3.8, 4) is 0 Å². The van der Waals surface area contributed by atoms with Gasteiger partial charge in [-0.1, -0.05) is 11.6 Å². The minimum Gasteiger partial charge on any atom is -0.316 e. The predicted octanol–water partition coefficient (Wildman–Crippen LogP) is 1.67. The molecule has 21 heavy (non-hydrogen) atoms. The number of H-pyrrole nitrogens is 1. The molecule has 116 valence electrons. The minimum atomic E-state index is -3.62. The molecule has 0 unspecified atom stereocenters. The van der Waals surface area contributed by atoms with Gasteiger partial charge >= 0.3 is 0 Å². The van der Waals surface area contributed by atoms with Crippen LogP contribution >= 0.6 is 22.9 Å². The van der Waals surface area contributed by atoms with Gasteiger partial charge in [0.05, 0.1) is 4.34 Å². The van der Waals surface area contributed by atoms with Crippen LogP contribution in [0.25, 0.3) is 0 Å². The molecule has 0 bridgehead atoms. The van der Waals surface area contributed by atoms with E-state index >= 15 is 0 Å². The van der Waals surface area contributed by atoms with Crippen molar-refractivity contribution in [1.29, 1.82) is 0 Å². The summed E-state index contributed by atoms with van der Waals surface area (Å²) in [6.45, 7) is 2.55. The Bertz CT molecular complexity index is 709. The summed E-state index contributed by atoms with van der Waals surface area (Å²) in [5.74, 6) is 0. The average Bonchev–Trinajstić information content (AvgIpc) is 2.98. The van der Waals surface area contributed by atoms with Crippen molar-refractivity contribution in [3.05, 3.63) is 32.6 Å². The molecule has 0 aliphatic carbocycles. The second kappa shape index (κ2) is 6.89. The topological polar surface area (TPSA) is 86.9 Å². The highest BCUT2D eigenvalue weighted by Crippen LogP contribution is 2.21. The zero-order valence-electron chi connectivity index (χ0n) is 11.7. The third-order valence-corrected chi connectivity index (χ3v) is 5.66. The number of nitrogens with zero attached hydrogens (tertiary/aromatic N) is 1. The normalized spacial score (nSPS) is 12.0. The summed E-state index contributed by atoms with van der Waals surface area (Å²) in [6, 6.07) is 3.70. The van der Waals surface area contributed by atoms with Crippen molar-refractivity contribution in [2.24, 2.45) is 0 Å². The quantitative estimate of drug-likeness (QED) is 0.710. The van der Waals surface area contributed by atoms with Gasteiger partial charge in [-0.25, -0.2) is 13.1 Å². The van der Waals surface area contributed by atoms with Crippen molar-refractivity contribution in [3.63, 3.8) is 0 Å². The summed E-state index contributed by atoms with van der Waals surface area (Å²) in [6.07, 6.45) is 0.599. The summed E-state index contributed by atoms with van der Waals surface area (Å²) >= 11 is 7.29. The van der Waals surface area contributed by atoms with Gasteiger partial charge in [0.15, 0.2) is 5.03 Å². The molecule has 2 rings (SSSR count). The number of aromatic nitrogens is 2. The van der Waals surface area contributed by atoms with Crippen LogP contribution in [0.5, 0.6) is 0 Å². The molecule has 0 radical (unpaired) electrons. The lowest BCUT2D eigenvalue weighted by atomic mass is 10.3. The average molecular weight is 349 g/mol. The fourth-order valence-electron chi connectivity index (χ4n) is 1.90. The highest BCUT2D eigenvalue weighted by molar-refractivity contribution is 7.89. The Kier molecular flexibility index (Phi) is 5.39. The monoisotopic (exact) mass is 348 g/mol. The molecule has 6 nitrogen and oxygen atoms in total. The van der Waals surface area contributed by atoms with E-state index in [1.807, 2.05) is 6.07 Å². The van der Waals surface area contributed by atoms with Crippen LogP contribution in [0, 0.1) is 6.92 Å². The van der Waals surface area contributed by atoms with E-state index in [1.54, 1.807) is 20.0 Å². The molecule has 0 saturated heterocycles. The van der Waals surface area contributed by atoms with E-state index < -0.39 is 10.0 Å². The molecule has 9 heteroatoms. The summed E-state index contributed by atoms with van der Waals surface area (Å²) in [5, 5.41) is 9.61. The number of aryl methyl sites for hydroxylation is 1. The van der Waals surface area contributed by atoms with Crippen LogP contribution in [0.1, 0.15) is 16.1 Å². The van der Waals surface area contributed by atoms with Crippen molar-refractivity contribution in [1.82, 2.24) is 20.2 Å². The minimum absolute atomic E-state index is 0.0542. The zero-order valence-corrected chi connectivity index (χ0v) is 14.1. The molecule has 0 atom stereocenters. The smallest absolute Gasteiger partial charge is 0.260 e. The summed E-state index contributed by atoms with van der Waals surface area (Å²) in [7, 11) is -1.86. The van der Waals surface area contributed by atoms with Crippen LogP contribution in [-0.2, 0) is 23.0 Å². The third kappa shape index (κ3) is 4.04. The number of thiophene rings is 1. The Labute approximate surface area is 133 Å². The van der Waals surface area contributed by atoms with Gasteiger partial charge in [0.2, 0.25) is 0 Å². The van der Waals surface area contributed by atoms with Crippen molar-refractivity contribution in [2.75, 3.05) is 13.6 Å². The molecule has 0 aromatic carbocycles. The molecule has 0 spiro atoms. The van der Waals surface area contributed by atoms with Gasteiger partial charge in [-0.2, -0.15) is 5.10 Å². The van der Waals surface area contributed by atoms with E-state index in [1.165, 1.54) is 11.3 Å². The number of sulfonamides is 1. The zero-order chi connectivity index (χ0) is 15.5. The molecule has 0 aliphatic heterocycles. The molecule has 3 N–H and O–H groups in total. The molecule has 0 saturated carbocycles. The van der Waals surface area contributed by atoms with E-state index in [0.29, 0.717) is 29.4 Å². The van der Waals surface area contributed by atoms with Gasteiger partial charge in [0.25, 0.3) is 10.0 Å². The van der Waals surface area contributed by atoms with Gasteiger partial charge in [-0.3, -0.25) is 5.10 Å². The second-order valence-corrected chi connectivity index (χ2v) is 8.00. The van der Waals surface area contributed by atoms with Crippen LogP contribution in [0.4, 0.5) is 0 Å². The second-order valence-electron chi connectivity index (χ2n) is 4.52. The first kappa shape index (κ1) is 16.4. The van der Waals surface area contributed by atoms with Crippen LogP contribution in [-0.4, -0.2) is 32.2 Å². The lowest BCUT2D eigenvalue weighted by molar-refractivity contribution is 0.575. The Morgan fingerprint density at radius 3 is 2.81 bits per heavy atom. The van der Waals surface area contributed by atoms with E-state index in [9.17, 15) is 8.42 Å². The van der Waals surface area contributed by atoms with Crippen LogP contribution in [0.3, 0.4) is 0 Å². The Morgan fingerprint density at radius 1 is 1.43 bits per heavy atom. The lowest BCUT2D eigenvalue weighted by Gasteiger charge is -2.06. The Hall–Kier alpha value is -0.930. The van der Waals surface area contributed by atoms with Crippen molar-refractivity contribution >= 4 is 33.0 Å². The summed E-state index contributed by atoms with van der Waals surface area (Å²) in [4.78, 5) is 1.04. The molecule has 2 aromatic rings. The predicted molar refractivity (Wildman–Crippen MR) is 84.3 cm³/mol. The highest BCUT2D eigenvalue weighted by atomic mass is 35.5.